The molecule has 6 rings (SSSR count). The number of carbonyl (C=O) groups is 1. The van der Waals surface area contributed by atoms with E-state index in [-0.39, 0.29) is 35.6 Å². The number of halogens is 2. The lowest BCUT2D eigenvalue weighted by Gasteiger charge is -2.25. The van der Waals surface area contributed by atoms with E-state index < -0.39 is 23.2 Å². The molecule has 0 bridgehead atoms. The van der Waals surface area contributed by atoms with E-state index in [0.717, 1.165) is 11.6 Å². The number of benzene rings is 3. The van der Waals surface area contributed by atoms with E-state index in [1.807, 2.05) is 6.07 Å². The first-order valence-electron chi connectivity index (χ1n) is 10.2. The number of hydrogen-bond donors (Lipinski definition) is 0. The Morgan fingerprint density at radius 1 is 0.970 bits per heavy atom. The van der Waals surface area contributed by atoms with Crippen LogP contribution in [0, 0.1) is 5.82 Å². The molecule has 0 saturated heterocycles. The molecule has 1 unspecified atom stereocenters. The van der Waals surface area contributed by atoms with Crippen molar-refractivity contribution >= 4 is 28.5 Å². The minimum absolute atomic E-state index is 0.0419. The molecule has 4 aromatic rings. The molecule has 0 aliphatic carbocycles. The number of rotatable bonds is 3. The fraction of sp³-hybridized carbons (Fsp3) is 0.120. The lowest BCUT2D eigenvalue weighted by atomic mass is 9.98. The molecule has 1 aromatic heterocycles. The predicted molar refractivity (Wildman–Crippen MR) is 118 cm³/mol. The Kier molecular flexibility index (Phi) is 4.41. The van der Waals surface area contributed by atoms with Crippen LogP contribution in [0.4, 0.5) is 4.39 Å². The smallest absolute Gasteiger partial charge is 0.291 e. The topological polar surface area (TPSA) is 69.0 Å². The fourth-order valence-corrected chi connectivity index (χ4v) is 4.51. The van der Waals surface area contributed by atoms with Gasteiger partial charge in [0.05, 0.1) is 17.0 Å². The molecular weight excluding hydrogens is 449 g/mol. The van der Waals surface area contributed by atoms with E-state index in [1.54, 1.807) is 41.3 Å². The van der Waals surface area contributed by atoms with Gasteiger partial charge in [-0.3, -0.25) is 9.59 Å². The highest BCUT2D eigenvalue weighted by Crippen LogP contribution is 2.40. The molecule has 1 atom stereocenters. The quantitative estimate of drug-likeness (QED) is 0.425. The molecule has 0 fully saturated rings. The van der Waals surface area contributed by atoms with Crippen molar-refractivity contribution in [1.82, 2.24) is 4.90 Å². The summed E-state index contributed by atoms with van der Waals surface area (Å²) in [5.41, 5.74) is 1.39. The monoisotopic (exact) mass is 463 g/mol. The van der Waals surface area contributed by atoms with Crippen LogP contribution < -0.4 is 14.9 Å². The number of ether oxygens (including phenoxy) is 2. The van der Waals surface area contributed by atoms with Gasteiger partial charge in [0.1, 0.15) is 11.4 Å². The third-order valence-corrected chi connectivity index (χ3v) is 6.16. The van der Waals surface area contributed by atoms with Crippen LogP contribution >= 0.6 is 11.6 Å². The first kappa shape index (κ1) is 19.8. The average Bonchev–Trinajstić information content (AvgIpc) is 3.38. The van der Waals surface area contributed by atoms with Crippen molar-refractivity contribution in [1.29, 1.82) is 0 Å². The van der Waals surface area contributed by atoms with Crippen LogP contribution in [0.25, 0.3) is 11.0 Å². The van der Waals surface area contributed by atoms with E-state index >= 15 is 0 Å². The van der Waals surface area contributed by atoms with Crippen molar-refractivity contribution in [2.24, 2.45) is 0 Å². The molecular formula is C25H15ClFNO5. The second kappa shape index (κ2) is 7.35. The van der Waals surface area contributed by atoms with Crippen molar-refractivity contribution in [2.45, 2.75) is 12.6 Å². The summed E-state index contributed by atoms with van der Waals surface area (Å²) in [6.07, 6.45) is 0. The van der Waals surface area contributed by atoms with E-state index in [4.69, 9.17) is 25.5 Å². The molecule has 3 heterocycles. The minimum atomic E-state index is -0.723. The van der Waals surface area contributed by atoms with Crippen LogP contribution in [-0.2, 0) is 6.54 Å². The zero-order valence-electron chi connectivity index (χ0n) is 17.0. The Labute approximate surface area is 191 Å². The molecule has 0 spiro atoms. The Bertz CT molecular complexity index is 1500. The van der Waals surface area contributed by atoms with Crippen molar-refractivity contribution in [3.63, 3.8) is 0 Å². The van der Waals surface area contributed by atoms with Crippen LogP contribution in [0.2, 0.25) is 5.02 Å². The highest BCUT2D eigenvalue weighted by molar-refractivity contribution is 6.30. The molecule has 1 amide bonds. The largest absolute Gasteiger partial charge is 0.454 e. The minimum Gasteiger partial charge on any atom is -0.454 e. The molecule has 33 heavy (non-hydrogen) atoms. The Morgan fingerprint density at radius 2 is 1.76 bits per heavy atom. The summed E-state index contributed by atoms with van der Waals surface area (Å²) < 4.78 is 30.5. The maximum atomic E-state index is 13.9. The van der Waals surface area contributed by atoms with Crippen molar-refractivity contribution in [2.75, 3.05) is 6.79 Å². The number of nitrogens with zero attached hydrogens (tertiary/aromatic N) is 1. The summed E-state index contributed by atoms with van der Waals surface area (Å²) in [4.78, 5) is 28.5. The maximum absolute atomic E-state index is 13.9. The van der Waals surface area contributed by atoms with Gasteiger partial charge in [-0.25, -0.2) is 4.39 Å². The average molecular weight is 464 g/mol. The summed E-state index contributed by atoms with van der Waals surface area (Å²) in [5.74, 6) is 0.203. The molecule has 164 valence electrons. The van der Waals surface area contributed by atoms with Gasteiger partial charge in [-0.2, -0.15) is 0 Å². The summed E-state index contributed by atoms with van der Waals surface area (Å²) in [7, 11) is 0. The Hall–Kier alpha value is -3.84. The van der Waals surface area contributed by atoms with Gasteiger partial charge < -0.3 is 18.8 Å². The molecule has 0 N–H and O–H groups in total. The van der Waals surface area contributed by atoms with Crippen molar-refractivity contribution in [3.8, 4) is 11.5 Å². The third-order valence-electron chi connectivity index (χ3n) is 5.90. The van der Waals surface area contributed by atoms with Gasteiger partial charge in [0.25, 0.3) is 5.91 Å². The second-order valence-corrected chi connectivity index (χ2v) is 8.33. The van der Waals surface area contributed by atoms with E-state index in [2.05, 4.69) is 0 Å². The predicted octanol–water partition coefficient (Wildman–Crippen LogP) is 5.06. The zero-order valence-corrected chi connectivity index (χ0v) is 17.8. The molecule has 0 radical (unpaired) electrons. The highest BCUT2D eigenvalue weighted by Gasteiger charge is 2.42. The van der Waals surface area contributed by atoms with Crippen LogP contribution in [0.5, 0.6) is 11.5 Å². The molecule has 2 aliphatic rings. The highest BCUT2D eigenvalue weighted by atomic mass is 35.5. The van der Waals surface area contributed by atoms with E-state index in [0.29, 0.717) is 22.1 Å². The van der Waals surface area contributed by atoms with Crippen LogP contribution in [0.3, 0.4) is 0 Å². The summed E-state index contributed by atoms with van der Waals surface area (Å²) in [6, 6.07) is 15.3. The van der Waals surface area contributed by atoms with Crippen LogP contribution in [0.15, 0.2) is 69.9 Å². The third kappa shape index (κ3) is 3.15. The van der Waals surface area contributed by atoms with Crippen LogP contribution in [-0.4, -0.2) is 17.6 Å². The zero-order chi connectivity index (χ0) is 22.7. The van der Waals surface area contributed by atoms with Crippen molar-refractivity contribution < 1.29 is 23.1 Å². The molecule has 3 aromatic carbocycles. The molecule has 2 aliphatic heterocycles. The van der Waals surface area contributed by atoms with E-state index in [9.17, 15) is 14.0 Å². The van der Waals surface area contributed by atoms with Gasteiger partial charge in [-0.1, -0.05) is 29.8 Å². The second-order valence-electron chi connectivity index (χ2n) is 7.89. The van der Waals surface area contributed by atoms with Gasteiger partial charge in [-0.05, 0) is 53.6 Å². The van der Waals surface area contributed by atoms with Gasteiger partial charge in [0.2, 0.25) is 12.6 Å². The van der Waals surface area contributed by atoms with Gasteiger partial charge in [-0.15, -0.1) is 0 Å². The fourth-order valence-electron chi connectivity index (χ4n) is 4.38. The van der Waals surface area contributed by atoms with Gasteiger partial charge in [0, 0.05) is 11.6 Å². The SMILES string of the molecule is O=C1c2oc3ccc(F)cc3c(=O)c2C(c2ccc(Cl)cc2)N1Cc1ccc2c(c1)OCO2. The lowest BCUT2D eigenvalue weighted by molar-refractivity contribution is 0.0714. The molecule has 6 nitrogen and oxygen atoms in total. The number of carbonyl (C=O) groups excluding carboxylic acids is 1. The van der Waals surface area contributed by atoms with Crippen LogP contribution in [0.1, 0.15) is 33.3 Å². The molecule has 8 heteroatoms. The molecule has 0 saturated carbocycles. The van der Waals surface area contributed by atoms with Gasteiger partial charge in [0.15, 0.2) is 16.9 Å². The number of hydrogen-bond acceptors (Lipinski definition) is 5. The van der Waals surface area contributed by atoms with Crippen molar-refractivity contribution in [3.05, 3.63) is 104 Å². The standard InChI is InChI=1S/C25H15ClFNO5/c26-15-4-2-14(3-5-15)22-21-23(29)17-10-16(27)6-8-18(17)33-24(21)25(30)28(22)11-13-1-7-19-20(9-13)32-12-31-19/h1-10,22H,11-12H2. The summed E-state index contributed by atoms with van der Waals surface area (Å²) in [5, 5.41) is 0.615. The van der Waals surface area contributed by atoms with E-state index in [1.165, 1.54) is 12.1 Å². The summed E-state index contributed by atoms with van der Waals surface area (Å²) >= 11 is 6.07. The number of amides is 1. The Morgan fingerprint density at radius 3 is 2.58 bits per heavy atom. The first-order chi connectivity index (χ1) is 16.0. The number of fused-ring (bicyclic) bond motifs is 3. The normalized spacial score (nSPS) is 16.5. The maximum Gasteiger partial charge on any atom is 0.291 e. The Balaban J connectivity index is 1.52. The first-order valence-corrected chi connectivity index (χ1v) is 10.6. The summed E-state index contributed by atoms with van der Waals surface area (Å²) in [6.45, 7) is 0.332. The van der Waals surface area contributed by atoms with Gasteiger partial charge >= 0.3 is 0 Å². The lowest BCUT2D eigenvalue weighted by Crippen LogP contribution is -2.29.